The zero-order valence-corrected chi connectivity index (χ0v) is 9.09. The molecule has 1 aliphatic heterocycles. The predicted octanol–water partition coefficient (Wildman–Crippen LogP) is 1.00. The second-order valence-electron chi connectivity index (χ2n) is 3.77. The van der Waals surface area contributed by atoms with E-state index in [9.17, 15) is 4.79 Å². The lowest BCUT2D eigenvalue weighted by atomic mass is 10.2. The number of aromatic carboxylic acids is 1. The predicted molar refractivity (Wildman–Crippen MR) is 58.8 cm³/mol. The summed E-state index contributed by atoms with van der Waals surface area (Å²) in [5, 5.41) is 9.05. The van der Waals surface area contributed by atoms with Crippen LogP contribution >= 0.6 is 0 Å². The minimum Gasteiger partial charge on any atom is -0.478 e. The number of anilines is 1. The first-order valence-corrected chi connectivity index (χ1v) is 5.18. The molecule has 16 heavy (non-hydrogen) atoms. The molecular formula is C11H14N2O3. The maximum absolute atomic E-state index is 11.0. The van der Waals surface area contributed by atoms with Crippen molar-refractivity contribution in [3.8, 4) is 0 Å². The fourth-order valence-electron chi connectivity index (χ4n) is 1.93. The summed E-state index contributed by atoms with van der Waals surface area (Å²) in [6, 6.07) is 3.21. The van der Waals surface area contributed by atoms with E-state index in [1.54, 1.807) is 25.4 Å². The highest BCUT2D eigenvalue weighted by Crippen LogP contribution is 2.22. The molecule has 5 nitrogen and oxygen atoms in total. The van der Waals surface area contributed by atoms with Gasteiger partial charge >= 0.3 is 5.97 Å². The minimum absolute atomic E-state index is 0.170. The van der Waals surface area contributed by atoms with Crippen molar-refractivity contribution in [1.82, 2.24) is 4.98 Å². The highest BCUT2D eigenvalue weighted by atomic mass is 16.5. The van der Waals surface area contributed by atoms with E-state index < -0.39 is 5.97 Å². The number of carbonyl (C=O) groups is 1. The molecule has 0 bridgehead atoms. The molecule has 86 valence electrons. The zero-order chi connectivity index (χ0) is 11.5. The lowest BCUT2D eigenvalue weighted by Crippen LogP contribution is -2.25. The number of nitrogens with zero attached hydrogens (tertiary/aromatic N) is 2. The van der Waals surface area contributed by atoms with Gasteiger partial charge in [-0.3, -0.25) is 0 Å². The summed E-state index contributed by atoms with van der Waals surface area (Å²) in [5.41, 5.74) is 0.249. The number of hydrogen-bond donors (Lipinski definition) is 1. The van der Waals surface area contributed by atoms with E-state index in [2.05, 4.69) is 4.98 Å². The molecule has 0 aliphatic carbocycles. The normalized spacial score (nSPS) is 20.1. The van der Waals surface area contributed by atoms with Gasteiger partial charge in [-0.1, -0.05) is 0 Å². The summed E-state index contributed by atoms with van der Waals surface area (Å²) in [6.07, 6.45) is 2.69. The second-order valence-corrected chi connectivity index (χ2v) is 3.77. The SMILES string of the molecule is CO[C@@H]1CCN(c2ncccc2C(=O)O)C1. The third-order valence-electron chi connectivity index (χ3n) is 2.79. The van der Waals surface area contributed by atoms with Gasteiger partial charge in [0.2, 0.25) is 0 Å². The smallest absolute Gasteiger partial charge is 0.339 e. The molecule has 1 aromatic rings. The van der Waals surface area contributed by atoms with Crippen LogP contribution in [-0.2, 0) is 4.74 Å². The maximum Gasteiger partial charge on any atom is 0.339 e. The van der Waals surface area contributed by atoms with Crippen LogP contribution in [0.4, 0.5) is 5.82 Å². The zero-order valence-electron chi connectivity index (χ0n) is 9.09. The van der Waals surface area contributed by atoms with Crippen LogP contribution in [0.1, 0.15) is 16.8 Å². The Morgan fingerprint density at radius 1 is 1.69 bits per heavy atom. The molecule has 2 rings (SSSR count). The van der Waals surface area contributed by atoms with E-state index in [0.29, 0.717) is 12.4 Å². The van der Waals surface area contributed by atoms with Crippen LogP contribution in [0.2, 0.25) is 0 Å². The molecule has 0 spiro atoms. The van der Waals surface area contributed by atoms with Crippen molar-refractivity contribution in [3.05, 3.63) is 23.9 Å². The molecule has 0 radical (unpaired) electrons. The summed E-state index contributed by atoms with van der Waals surface area (Å²) in [5.74, 6) is -0.404. The van der Waals surface area contributed by atoms with Crippen molar-refractivity contribution in [2.24, 2.45) is 0 Å². The van der Waals surface area contributed by atoms with E-state index >= 15 is 0 Å². The molecule has 1 aromatic heterocycles. The molecule has 1 fully saturated rings. The second kappa shape index (κ2) is 4.49. The number of carboxylic acids is 1. The third kappa shape index (κ3) is 1.99. The van der Waals surface area contributed by atoms with Gasteiger partial charge in [-0.05, 0) is 18.6 Å². The Morgan fingerprint density at radius 2 is 2.50 bits per heavy atom. The van der Waals surface area contributed by atoms with Crippen molar-refractivity contribution in [3.63, 3.8) is 0 Å². The first-order chi connectivity index (χ1) is 7.72. The lowest BCUT2D eigenvalue weighted by Gasteiger charge is -2.18. The molecule has 1 aliphatic rings. The average molecular weight is 222 g/mol. The van der Waals surface area contributed by atoms with Gasteiger partial charge in [0.05, 0.1) is 6.10 Å². The van der Waals surface area contributed by atoms with Crippen molar-refractivity contribution >= 4 is 11.8 Å². The van der Waals surface area contributed by atoms with Crippen molar-refractivity contribution in [2.45, 2.75) is 12.5 Å². The average Bonchev–Trinajstić information content (AvgIpc) is 2.77. The number of pyridine rings is 1. The standard InChI is InChI=1S/C11H14N2O3/c1-16-8-4-6-13(7-8)10-9(11(14)15)3-2-5-12-10/h2-3,5,8H,4,6-7H2,1H3,(H,14,15)/t8-/m1/s1. The molecule has 5 heteroatoms. The number of carboxylic acid groups (broad SMARTS) is 1. The molecule has 0 aromatic carbocycles. The molecule has 1 saturated heterocycles. The summed E-state index contributed by atoms with van der Waals surface area (Å²) in [7, 11) is 1.67. The van der Waals surface area contributed by atoms with E-state index in [0.717, 1.165) is 13.0 Å². The van der Waals surface area contributed by atoms with Crippen LogP contribution in [-0.4, -0.2) is 42.4 Å². The van der Waals surface area contributed by atoms with E-state index in [1.807, 2.05) is 4.90 Å². The molecule has 0 unspecified atom stereocenters. The van der Waals surface area contributed by atoms with E-state index in [1.165, 1.54) is 0 Å². The Bertz CT molecular complexity index is 395. The summed E-state index contributed by atoms with van der Waals surface area (Å²) >= 11 is 0. The topological polar surface area (TPSA) is 62.7 Å². The number of hydrogen-bond acceptors (Lipinski definition) is 4. The summed E-state index contributed by atoms with van der Waals surface area (Å²) in [6.45, 7) is 1.49. The van der Waals surface area contributed by atoms with Gasteiger partial charge in [-0.15, -0.1) is 0 Å². The lowest BCUT2D eigenvalue weighted by molar-refractivity contribution is 0.0697. The molecule has 0 saturated carbocycles. The Labute approximate surface area is 93.7 Å². The molecular weight excluding hydrogens is 208 g/mol. The van der Waals surface area contributed by atoms with Crippen LogP contribution in [0.25, 0.3) is 0 Å². The molecule has 0 amide bonds. The minimum atomic E-state index is -0.941. The van der Waals surface area contributed by atoms with E-state index in [-0.39, 0.29) is 11.7 Å². The highest BCUT2D eigenvalue weighted by Gasteiger charge is 2.26. The number of methoxy groups -OCH3 is 1. The van der Waals surface area contributed by atoms with Crippen LogP contribution in [0, 0.1) is 0 Å². The van der Waals surface area contributed by atoms with Crippen LogP contribution in [0.15, 0.2) is 18.3 Å². The third-order valence-corrected chi connectivity index (χ3v) is 2.79. The molecule has 1 N–H and O–H groups in total. The van der Waals surface area contributed by atoms with Gasteiger partial charge in [-0.25, -0.2) is 9.78 Å². The summed E-state index contributed by atoms with van der Waals surface area (Å²) in [4.78, 5) is 17.1. The van der Waals surface area contributed by atoms with Crippen molar-refractivity contribution < 1.29 is 14.6 Å². The fourth-order valence-corrected chi connectivity index (χ4v) is 1.93. The monoisotopic (exact) mass is 222 g/mol. The van der Waals surface area contributed by atoms with Crippen LogP contribution in [0.3, 0.4) is 0 Å². The van der Waals surface area contributed by atoms with Gasteiger partial charge in [-0.2, -0.15) is 0 Å². The Kier molecular flexibility index (Phi) is 3.05. The highest BCUT2D eigenvalue weighted by molar-refractivity contribution is 5.93. The Hall–Kier alpha value is -1.62. The van der Waals surface area contributed by atoms with Crippen LogP contribution < -0.4 is 4.90 Å². The number of aromatic nitrogens is 1. The summed E-state index contributed by atoms with van der Waals surface area (Å²) < 4.78 is 5.25. The van der Waals surface area contributed by atoms with Crippen molar-refractivity contribution in [1.29, 1.82) is 0 Å². The first-order valence-electron chi connectivity index (χ1n) is 5.18. The quantitative estimate of drug-likeness (QED) is 0.826. The van der Waals surface area contributed by atoms with Gasteiger partial charge < -0.3 is 14.7 Å². The van der Waals surface area contributed by atoms with Gasteiger partial charge in [0, 0.05) is 26.4 Å². The number of rotatable bonds is 3. The Morgan fingerprint density at radius 3 is 3.12 bits per heavy atom. The molecule has 1 atom stereocenters. The first kappa shape index (κ1) is 10.9. The van der Waals surface area contributed by atoms with Gasteiger partial charge in [0.1, 0.15) is 11.4 Å². The van der Waals surface area contributed by atoms with Gasteiger partial charge in [0.25, 0.3) is 0 Å². The van der Waals surface area contributed by atoms with Crippen LogP contribution in [0.5, 0.6) is 0 Å². The largest absolute Gasteiger partial charge is 0.478 e. The Balaban J connectivity index is 2.24. The van der Waals surface area contributed by atoms with Crippen molar-refractivity contribution in [2.75, 3.05) is 25.1 Å². The number of ether oxygens (including phenoxy) is 1. The van der Waals surface area contributed by atoms with Gasteiger partial charge in [0.15, 0.2) is 0 Å². The maximum atomic E-state index is 11.0. The molecule has 2 heterocycles. The van der Waals surface area contributed by atoms with E-state index in [4.69, 9.17) is 9.84 Å². The fraction of sp³-hybridized carbons (Fsp3) is 0.455.